The standard InChI is InChI=1S/C13H19NO3.ClH/c1-2-17-9-3-8-14-10-11-4-6-12(7-5-11)13(15)16;/h4-7,14H,2-3,8-10H2,1H3,(H,15,16);1H/p-1. The van der Waals surface area contributed by atoms with Crippen LogP contribution in [0.4, 0.5) is 0 Å². The first kappa shape index (κ1) is 16.9. The van der Waals surface area contributed by atoms with Gasteiger partial charge in [0.15, 0.2) is 0 Å². The van der Waals surface area contributed by atoms with E-state index in [1.807, 2.05) is 19.1 Å². The van der Waals surface area contributed by atoms with Crippen LogP contribution in [0.25, 0.3) is 0 Å². The maximum absolute atomic E-state index is 10.6. The molecule has 0 unspecified atom stereocenters. The molecule has 0 saturated carbocycles. The Hall–Kier alpha value is -1.10. The molecule has 102 valence electrons. The Morgan fingerprint density at radius 1 is 1.33 bits per heavy atom. The molecule has 0 aliphatic heterocycles. The summed E-state index contributed by atoms with van der Waals surface area (Å²) in [4.78, 5) is 10.6. The van der Waals surface area contributed by atoms with Crippen LogP contribution in [-0.2, 0) is 11.3 Å². The summed E-state index contributed by atoms with van der Waals surface area (Å²) >= 11 is 0. The highest BCUT2D eigenvalue weighted by atomic mass is 35.5. The number of halogens is 1. The van der Waals surface area contributed by atoms with Crippen molar-refractivity contribution in [3.63, 3.8) is 0 Å². The molecule has 0 atom stereocenters. The van der Waals surface area contributed by atoms with Gasteiger partial charge in [-0.2, -0.15) is 0 Å². The number of hydrogen-bond donors (Lipinski definition) is 2. The van der Waals surface area contributed by atoms with Crippen molar-refractivity contribution in [1.29, 1.82) is 0 Å². The van der Waals surface area contributed by atoms with Gasteiger partial charge in [0.1, 0.15) is 0 Å². The quantitative estimate of drug-likeness (QED) is 0.590. The predicted molar refractivity (Wildman–Crippen MR) is 66.2 cm³/mol. The second-order valence-electron chi connectivity index (χ2n) is 3.73. The van der Waals surface area contributed by atoms with E-state index in [1.54, 1.807) is 12.1 Å². The molecule has 0 aliphatic rings. The minimum absolute atomic E-state index is 0. The highest BCUT2D eigenvalue weighted by molar-refractivity contribution is 5.87. The van der Waals surface area contributed by atoms with Gasteiger partial charge in [0.25, 0.3) is 0 Å². The third-order valence-electron chi connectivity index (χ3n) is 2.38. The second kappa shape index (κ2) is 9.88. The van der Waals surface area contributed by atoms with Crippen LogP contribution in [0.1, 0.15) is 29.3 Å². The minimum Gasteiger partial charge on any atom is -1.00 e. The lowest BCUT2D eigenvalue weighted by Crippen LogP contribution is -3.00. The Labute approximate surface area is 114 Å². The number of carbonyl (C=O) groups is 1. The number of rotatable bonds is 8. The van der Waals surface area contributed by atoms with Gasteiger partial charge >= 0.3 is 5.97 Å². The van der Waals surface area contributed by atoms with Gasteiger partial charge in [-0.1, -0.05) is 12.1 Å². The number of benzene rings is 1. The number of carboxylic acids is 1. The van der Waals surface area contributed by atoms with E-state index < -0.39 is 5.97 Å². The molecule has 0 spiro atoms. The fourth-order valence-electron chi connectivity index (χ4n) is 1.44. The zero-order valence-electron chi connectivity index (χ0n) is 10.5. The number of hydrogen-bond acceptors (Lipinski definition) is 3. The Morgan fingerprint density at radius 2 is 2.00 bits per heavy atom. The predicted octanol–water partition coefficient (Wildman–Crippen LogP) is -1.09. The Bertz CT molecular complexity index is 341. The Balaban J connectivity index is 0.00000289. The molecule has 0 fully saturated rings. The van der Waals surface area contributed by atoms with Gasteiger partial charge in [-0.25, -0.2) is 4.79 Å². The van der Waals surface area contributed by atoms with Crippen molar-refractivity contribution < 1.29 is 27.0 Å². The SMILES string of the molecule is CCOCCCNCc1ccc(C(=O)O)cc1.[Cl-]. The van der Waals surface area contributed by atoms with Gasteiger partial charge in [-0.3, -0.25) is 0 Å². The summed E-state index contributed by atoms with van der Waals surface area (Å²) in [6, 6.07) is 6.91. The molecule has 4 nitrogen and oxygen atoms in total. The van der Waals surface area contributed by atoms with Crippen molar-refractivity contribution in [3.8, 4) is 0 Å². The van der Waals surface area contributed by atoms with Crippen LogP contribution in [0.15, 0.2) is 24.3 Å². The molecule has 1 aromatic rings. The van der Waals surface area contributed by atoms with Crippen LogP contribution in [0, 0.1) is 0 Å². The van der Waals surface area contributed by atoms with Crippen molar-refractivity contribution in [2.75, 3.05) is 19.8 Å². The van der Waals surface area contributed by atoms with Crippen molar-refractivity contribution in [1.82, 2.24) is 5.32 Å². The van der Waals surface area contributed by atoms with E-state index in [4.69, 9.17) is 9.84 Å². The van der Waals surface area contributed by atoms with E-state index in [9.17, 15) is 4.79 Å². The molecule has 1 rings (SSSR count). The minimum atomic E-state index is -0.888. The van der Waals surface area contributed by atoms with Gasteiger partial charge in [0.2, 0.25) is 0 Å². The highest BCUT2D eigenvalue weighted by Gasteiger charge is 2.01. The van der Waals surface area contributed by atoms with Crippen LogP contribution in [-0.4, -0.2) is 30.8 Å². The lowest BCUT2D eigenvalue weighted by atomic mass is 10.1. The zero-order chi connectivity index (χ0) is 12.5. The molecule has 1 aromatic carbocycles. The van der Waals surface area contributed by atoms with Gasteiger partial charge in [-0.05, 0) is 37.6 Å². The first-order chi connectivity index (χ1) is 8.24. The number of ether oxygens (including phenoxy) is 1. The van der Waals surface area contributed by atoms with Crippen LogP contribution in [0.2, 0.25) is 0 Å². The second-order valence-corrected chi connectivity index (χ2v) is 3.73. The molecule has 0 aliphatic carbocycles. The number of nitrogens with one attached hydrogen (secondary N) is 1. The van der Waals surface area contributed by atoms with E-state index in [2.05, 4.69) is 5.32 Å². The van der Waals surface area contributed by atoms with Crippen molar-refractivity contribution in [2.24, 2.45) is 0 Å². The van der Waals surface area contributed by atoms with Gasteiger partial charge in [-0.15, -0.1) is 0 Å². The lowest BCUT2D eigenvalue weighted by Gasteiger charge is -2.05. The molecule has 0 heterocycles. The third kappa shape index (κ3) is 6.59. The molecule has 0 aromatic heterocycles. The Kier molecular flexibility index (Phi) is 9.28. The summed E-state index contributed by atoms with van der Waals surface area (Å²) in [5.41, 5.74) is 1.41. The number of aromatic carboxylic acids is 1. The largest absolute Gasteiger partial charge is 1.00 e. The van der Waals surface area contributed by atoms with E-state index in [-0.39, 0.29) is 12.4 Å². The van der Waals surface area contributed by atoms with E-state index >= 15 is 0 Å². The third-order valence-corrected chi connectivity index (χ3v) is 2.38. The fraction of sp³-hybridized carbons (Fsp3) is 0.462. The molecule has 0 amide bonds. The summed E-state index contributed by atoms with van der Waals surface area (Å²) in [6.07, 6.45) is 0.987. The Morgan fingerprint density at radius 3 is 2.56 bits per heavy atom. The maximum Gasteiger partial charge on any atom is 0.335 e. The van der Waals surface area contributed by atoms with Crippen molar-refractivity contribution >= 4 is 5.97 Å². The molecule has 0 bridgehead atoms. The normalized spacial score (nSPS) is 9.83. The van der Waals surface area contributed by atoms with Gasteiger partial charge < -0.3 is 27.6 Å². The van der Waals surface area contributed by atoms with Crippen molar-refractivity contribution in [3.05, 3.63) is 35.4 Å². The molecule has 2 N–H and O–H groups in total. The van der Waals surface area contributed by atoms with Crippen molar-refractivity contribution in [2.45, 2.75) is 19.9 Å². The highest BCUT2D eigenvalue weighted by Crippen LogP contribution is 2.04. The van der Waals surface area contributed by atoms with Crippen LogP contribution in [0.3, 0.4) is 0 Å². The molecule has 0 radical (unpaired) electrons. The van der Waals surface area contributed by atoms with E-state index in [0.717, 1.165) is 38.3 Å². The molecular weight excluding hydrogens is 254 g/mol. The summed E-state index contributed by atoms with van der Waals surface area (Å²) in [7, 11) is 0. The summed E-state index contributed by atoms with van der Waals surface area (Å²) in [5.74, 6) is -0.888. The van der Waals surface area contributed by atoms with Crippen LogP contribution in [0.5, 0.6) is 0 Å². The lowest BCUT2D eigenvalue weighted by molar-refractivity contribution is -0.0000200. The van der Waals surface area contributed by atoms with Crippen LogP contribution >= 0.6 is 0 Å². The topological polar surface area (TPSA) is 58.6 Å². The monoisotopic (exact) mass is 272 g/mol. The molecule has 0 saturated heterocycles. The molecule has 5 heteroatoms. The number of carboxylic acid groups (broad SMARTS) is 1. The average molecular weight is 273 g/mol. The van der Waals surface area contributed by atoms with E-state index in [1.165, 1.54) is 0 Å². The van der Waals surface area contributed by atoms with E-state index in [0.29, 0.717) is 5.56 Å². The van der Waals surface area contributed by atoms with Crippen LogP contribution < -0.4 is 17.7 Å². The average Bonchev–Trinajstić information content (AvgIpc) is 2.34. The maximum atomic E-state index is 10.6. The summed E-state index contributed by atoms with van der Waals surface area (Å²) in [5, 5.41) is 12.0. The van der Waals surface area contributed by atoms with Gasteiger partial charge in [0.05, 0.1) is 5.56 Å². The van der Waals surface area contributed by atoms with Gasteiger partial charge in [0, 0.05) is 19.8 Å². The summed E-state index contributed by atoms with van der Waals surface area (Å²) < 4.78 is 5.22. The molecular formula is C13H19ClNO3-. The first-order valence-electron chi connectivity index (χ1n) is 5.84. The zero-order valence-corrected chi connectivity index (χ0v) is 11.2. The smallest absolute Gasteiger partial charge is 0.335 e. The summed E-state index contributed by atoms with van der Waals surface area (Å²) in [6.45, 7) is 5.18. The first-order valence-corrected chi connectivity index (χ1v) is 5.84. The fourth-order valence-corrected chi connectivity index (χ4v) is 1.44. The molecule has 18 heavy (non-hydrogen) atoms.